The van der Waals surface area contributed by atoms with Gasteiger partial charge in [-0.3, -0.25) is 19.3 Å². The van der Waals surface area contributed by atoms with Gasteiger partial charge in [0.15, 0.2) is 4.05 Å². The van der Waals surface area contributed by atoms with Gasteiger partial charge >= 0.3 is 6.09 Å². The number of hydrogen-bond donors (Lipinski definition) is 2. The lowest BCUT2D eigenvalue weighted by molar-refractivity contribution is -0.144. The van der Waals surface area contributed by atoms with Crippen molar-refractivity contribution in [3.63, 3.8) is 0 Å². The Bertz CT molecular complexity index is 1240. The van der Waals surface area contributed by atoms with Crippen molar-refractivity contribution in [2.75, 3.05) is 13.6 Å². The summed E-state index contributed by atoms with van der Waals surface area (Å²) in [4.78, 5) is 59.1. The highest BCUT2D eigenvalue weighted by Gasteiger charge is 2.46. The number of hydrogen-bond acceptors (Lipinski definition) is 6. The Morgan fingerprint density at radius 2 is 1.83 bits per heavy atom. The Kier molecular flexibility index (Phi) is 10.7. The number of fused-ring (bicyclic) bond motifs is 1. The first kappa shape index (κ1) is 33.4. The number of likely N-dealkylation sites (N-methyl/N-ethyl adjacent to an activating group) is 1. The van der Waals surface area contributed by atoms with Crippen molar-refractivity contribution >= 4 is 46.4 Å². The second kappa shape index (κ2) is 13.5. The molecule has 0 unspecified atom stereocenters. The minimum absolute atomic E-state index is 0.0517. The van der Waals surface area contributed by atoms with Gasteiger partial charge in [0, 0.05) is 18.5 Å². The molecule has 1 fully saturated rings. The average Bonchev–Trinajstić information content (AvgIpc) is 3.33. The maximum absolute atomic E-state index is 14.1. The van der Waals surface area contributed by atoms with Crippen molar-refractivity contribution in [3.8, 4) is 0 Å². The molecule has 1 aromatic rings. The van der Waals surface area contributed by atoms with Gasteiger partial charge in [-0.1, -0.05) is 50.2 Å². The van der Waals surface area contributed by atoms with E-state index in [0.29, 0.717) is 0 Å². The molecule has 1 aliphatic heterocycles. The molecule has 0 radical (unpaired) electrons. The molecule has 5 atom stereocenters. The highest BCUT2D eigenvalue weighted by molar-refractivity contribution is 14.1. The molecule has 0 bridgehead atoms. The van der Waals surface area contributed by atoms with Crippen LogP contribution < -0.4 is 10.6 Å². The van der Waals surface area contributed by atoms with Gasteiger partial charge in [0.2, 0.25) is 11.8 Å². The Morgan fingerprint density at radius 3 is 2.45 bits per heavy atom. The fourth-order valence-corrected chi connectivity index (χ4v) is 5.67. The van der Waals surface area contributed by atoms with Crippen LogP contribution in [0.3, 0.4) is 0 Å². The smallest absolute Gasteiger partial charge is 0.411 e. The lowest BCUT2D eigenvalue weighted by Gasteiger charge is -2.37. The number of aryl methyl sites for hydroxylation is 1. The molecule has 3 rings (SSSR count). The Morgan fingerprint density at radius 1 is 1.17 bits per heavy atom. The van der Waals surface area contributed by atoms with Crippen LogP contribution in [0.4, 0.5) is 4.79 Å². The number of ether oxygens (including phenoxy) is 1. The predicted octanol–water partition coefficient (Wildman–Crippen LogP) is 4.62. The molecular weight excluding hydrogens is 653 g/mol. The van der Waals surface area contributed by atoms with Gasteiger partial charge in [0.1, 0.15) is 17.7 Å². The first-order chi connectivity index (χ1) is 19.5. The van der Waals surface area contributed by atoms with Crippen molar-refractivity contribution in [2.24, 2.45) is 10.5 Å². The molecule has 1 aromatic carbocycles. The molecule has 0 saturated carbocycles. The van der Waals surface area contributed by atoms with E-state index >= 15 is 0 Å². The summed E-state index contributed by atoms with van der Waals surface area (Å²) in [7, 11) is 1.45. The fraction of sp³-hybridized carbons (Fsp3) is 0.655. The topological polar surface area (TPSA) is 157 Å². The second-order valence-corrected chi connectivity index (χ2v) is 14.2. The predicted molar refractivity (Wildman–Crippen MR) is 167 cm³/mol. The van der Waals surface area contributed by atoms with Crippen LogP contribution in [-0.2, 0) is 25.5 Å². The summed E-state index contributed by atoms with van der Waals surface area (Å²) in [6, 6.07) is 5.35. The van der Waals surface area contributed by atoms with Crippen LogP contribution in [0.1, 0.15) is 78.0 Å². The standard InChI is InChI=1S/C29H42IN7O5/c1-28(2,3)22(33-25(39)23(30)36(7)27(41)42-29(4,5)6)26(40)37-16-18(34-35-31)15-21(37)24(38)32-20-14-10-12-17-11-8-9-13-19(17)20/h8-9,11,13,18,20-23H,10,12,14-16H2,1-7H3,(H,32,38)(H,33,39)/t18-,20+,21-,22+,23+/m0/s1. The van der Waals surface area contributed by atoms with Gasteiger partial charge in [0.05, 0.1) is 12.1 Å². The summed E-state index contributed by atoms with van der Waals surface area (Å²) in [5.41, 5.74) is 9.87. The van der Waals surface area contributed by atoms with Gasteiger partial charge in [0.25, 0.3) is 5.91 Å². The summed E-state index contributed by atoms with van der Waals surface area (Å²) < 4.78 is 4.41. The van der Waals surface area contributed by atoms with E-state index in [1.165, 1.54) is 17.5 Å². The summed E-state index contributed by atoms with van der Waals surface area (Å²) in [6.45, 7) is 10.7. The van der Waals surface area contributed by atoms with Gasteiger partial charge < -0.3 is 20.3 Å². The van der Waals surface area contributed by atoms with Crippen molar-refractivity contribution < 1.29 is 23.9 Å². The Balaban J connectivity index is 1.81. The maximum Gasteiger partial charge on any atom is 0.411 e. The molecule has 2 N–H and O–H groups in total. The minimum atomic E-state index is -1.02. The average molecular weight is 696 g/mol. The quantitative estimate of drug-likeness (QED) is 0.106. The van der Waals surface area contributed by atoms with E-state index < -0.39 is 51.1 Å². The summed E-state index contributed by atoms with van der Waals surface area (Å²) in [5.74, 6) is -1.34. The molecule has 1 aliphatic carbocycles. The Labute approximate surface area is 261 Å². The lowest BCUT2D eigenvalue weighted by Crippen LogP contribution is -2.60. The van der Waals surface area contributed by atoms with Crippen molar-refractivity contribution in [1.82, 2.24) is 20.4 Å². The lowest BCUT2D eigenvalue weighted by atomic mass is 9.85. The molecule has 42 heavy (non-hydrogen) atoms. The van der Waals surface area contributed by atoms with E-state index in [4.69, 9.17) is 10.3 Å². The summed E-state index contributed by atoms with van der Waals surface area (Å²) in [5, 5.41) is 9.76. The Hall–Kier alpha value is -3.06. The van der Waals surface area contributed by atoms with E-state index in [0.717, 1.165) is 29.7 Å². The molecule has 230 valence electrons. The highest BCUT2D eigenvalue weighted by Crippen LogP contribution is 2.32. The molecular formula is C29H42IN7O5. The first-order valence-electron chi connectivity index (χ1n) is 14.2. The second-order valence-electron chi connectivity index (χ2n) is 13.0. The van der Waals surface area contributed by atoms with Crippen LogP contribution in [0, 0.1) is 5.41 Å². The number of nitrogens with zero attached hydrogens (tertiary/aromatic N) is 5. The molecule has 1 saturated heterocycles. The molecule has 0 spiro atoms. The highest BCUT2D eigenvalue weighted by atomic mass is 127. The summed E-state index contributed by atoms with van der Waals surface area (Å²) in [6.07, 6.45) is 2.17. The van der Waals surface area contributed by atoms with E-state index in [2.05, 4.69) is 26.7 Å². The van der Waals surface area contributed by atoms with Crippen molar-refractivity contribution in [3.05, 3.63) is 45.8 Å². The zero-order chi connectivity index (χ0) is 31.4. The third kappa shape index (κ3) is 8.27. The molecule has 12 nitrogen and oxygen atoms in total. The number of amides is 4. The van der Waals surface area contributed by atoms with Crippen LogP contribution >= 0.6 is 22.6 Å². The maximum atomic E-state index is 14.1. The number of alkyl halides is 1. The van der Waals surface area contributed by atoms with Crippen LogP contribution in [-0.4, -0.2) is 75.0 Å². The van der Waals surface area contributed by atoms with E-state index in [1.54, 1.807) is 20.8 Å². The zero-order valence-electron chi connectivity index (χ0n) is 25.4. The van der Waals surface area contributed by atoms with E-state index in [1.807, 2.05) is 61.6 Å². The van der Waals surface area contributed by atoms with Gasteiger partial charge in [-0.05, 0) is 91.1 Å². The third-order valence-corrected chi connectivity index (χ3v) is 8.80. The van der Waals surface area contributed by atoms with Crippen molar-refractivity contribution in [2.45, 2.75) is 101 Å². The molecule has 0 aromatic heterocycles. The minimum Gasteiger partial charge on any atom is -0.444 e. The monoisotopic (exact) mass is 695 g/mol. The first-order valence-corrected chi connectivity index (χ1v) is 15.4. The van der Waals surface area contributed by atoms with Gasteiger partial charge in [-0.15, -0.1) is 0 Å². The number of likely N-dealkylation sites (tertiary alicyclic amines) is 1. The largest absolute Gasteiger partial charge is 0.444 e. The van der Waals surface area contributed by atoms with E-state index in [9.17, 15) is 19.2 Å². The van der Waals surface area contributed by atoms with Gasteiger partial charge in [-0.25, -0.2) is 4.79 Å². The van der Waals surface area contributed by atoms with Crippen molar-refractivity contribution in [1.29, 1.82) is 0 Å². The molecule has 1 heterocycles. The van der Waals surface area contributed by atoms with E-state index in [-0.39, 0.29) is 24.9 Å². The van der Waals surface area contributed by atoms with Gasteiger partial charge in [-0.2, -0.15) is 0 Å². The normalized spacial score (nSPS) is 21.7. The molecule has 2 aliphatic rings. The van der Waals surface area contributed by atoms with Crippen LogP contribution in [0.25, 0.3) is 10.4 Å². The SMILES string of the molecule is CN(C(=O)OC(C)(C)C)[C@@H](I)C(=O)N[C@H](C(=O)N1C[C@@H](N=[N+]=[N-])C[C@H]1C(=O)N[C@@H]1CCCc2ccccc21)C(C)(C)C. The van der Waals surface area contributed by atoms with Crippen LogP contribution in [0.5, 0.6) is 0 Å². The number of halogens is 1. The zero-order valence-corrected chi connectivity index (χ0v) is 27.5. The van der Waals surface area contributed by atoms with Crippen LogP contribution in [0.15, 0.2) is 29.4 Å². The number of nitrogens with one attached hydrogen (secondary N) is 2. The number of rotatable bonds is 7. The number of benzene rings is 1. The molecule has 4 amide bonds. The fourth-order valence-electron chi connectivity index (χ4n) is 5.26. The van der Waals surface area contributed by atoms with Crippen LogP contribution in [0.2, 0.25) is 0 Å². The summed E-state index contributed by atoms with van der Waals surface area (Å²) >= 11 is 1.82. The molecule has 13 heteroatoms. The number of carbonyl (C=O) groups is 4. The number of azide groups is 1. The number of carbonyl (C=O) groups excluding carboxylic acids is 4. The third-order valence-electron chi connectivity index (χ3n) is 7.40.